The van der Waals surface area contributed by atoms with E-state index in [1.54, 1.807) is 38.1 Å². The molecule has 3 rings (SSSR count). The van der Waals surface area contributed by atoms with Gasteiger partial charge in [0.2, 0.25) is 0 Å². The minimum absolute atomic E-state index is 0.0810. The zero-order chi connectivity index (χ0) is 20.6. The van der Waals surface area contributed by atoms with Gasteiger partial charge in [0.15, 0.2) is 0 Å². The lowest BCUT2D eigenvalue weighted by molar-refractivity contribution is -0.141. The number of nitrogens with zero attached hydrogens (tertiary/aromatic N) is 1. The van der Waals surface area contributed by atoms with Crippen LogP contribution < -0.4 is 0 Å². The van der Waals surface area contributed by atoms with Crippen LogP contribution in [0.25, 0.3) is 21.9 Å². The summed E-state index contributed by atoms with van der Waals surface area (Å²) < 4.78 is 13.8. The molecule has 0 spiro atoms. The highest BCUT2D eigenvalue weighted by Crippen LogP contribution is 2.38. The number of fused-ring (bicyclic) bond motifs is 1. The number of aromatic nitrogens is 1. The van der Waals surface area contributed by atoms with Crippen molar-refractivity contribution in [3.63, 3.8) is 0 Å². The Morgan fingerprint density at radius 1 is 1.11 bits per heavy atom. The molecule has 0 radical (unpaired) electrons. The minimum Gasteiger partial charge on any atom is -0.508 e. The zero-order valence-electron chi connectivity index (χ0n) is 16.5. The van der Waals surface area contributed by atoms with E-state index in [1.807, 2.05) is 19.9 Å². The van der Waals surface area contributed by atoms with Crippen molar-refractivity contribution in [2.45, 2.75) is 40.0 Å². The third-order valence-electron chi connectivity index (χ3n) is 5.01. The summed E-state index contributed by atoms with van der Waals surface area (Å²) in [5.74, 6) is -1.58. The SMILES string of the molecule is Cc1cc(-c2c(C(C)C)nc(CC(C)C(=O)O)c3cc(O)ccc23)ccc1F. The van der Waals surface area contributed by atoms with E-state index in [9.17, 15) is 19.4 Å². The van der Waals surface area contributed by atoms with Crippen LogP contribution in [0.15, 0.2) is 36.4 Å². The number of aryl methyl sites for hydroxylation is 1. The number of rotatable bonds is 5. The van der Waals surface area contributed by atoms with Gasteiger partial charge in [0.1, 0.15) is 11.6 Å². The van der Waals surface area contributed by atoms with Crippen LogP contribution in [0.4, 0.5) is 4.39 Å². The van der Waals surface area contributed by atoms with Crippen molar-refractivity contribution in [1.29, 1.82) is 0 Å². The van der Waals surface area contributed by atoms with Crippen molar-refractivity contribution < 1.29 is 19.4 Å². The first-order valence-corrected chi connectivity index (χ1v) is 9.33. The summed E-state index contributed by atoms with van der Waals surface area (Å²) in [5, 5.41) is 20.9. The van der Waals surface area contributed by atoms with Gasteiger partial charge in [-0.3, -0.25) is 9.78 Å². The Morgan fingerprint density at radius 2 is 1.82 bits per heavy atom. The maximum Gasteiger partial charge on any atom is 0.306 e. The lowest BCUT2D eigenvalue weighted by Crippen LogP contribution is -2.14. The molecule has 1 heterocycles. The third-order valence-corrected chi connectivity index (χ3v) is 5.01. The second-order valence-corrected chi connectivity index (χ2v) is 7.61. The van der Waals surface area contributed by atoms with E-state index in [0.29, 0.717) is 11.3 Å². The third kappa shape index (κ3) is 3.70. The molecule has 3 aromatic rings. The zero-order valence-corrected chi connectivity index (χ0v) is 16.5. The van der Waals surface area contributed by atoms with Crippen LogP contribution in [0, 0.1) is 18.7 Å². The summed E-state index contributed by atoms with van der Waals surface area (Å²) in [6.07, 6.45) is 0.262. The van der Waals surface area contributed by atoms with E-state index < -0.39 is 11.9 Å². The fraction of sp³-hybridized carbons (Fsp3) is 0.304. The fourth-order valence-corrected chi connectivity index (χ4v) is 3.44. The first kappa shape index (κ1) is 19.8. The molecular formula is C23H24FNO3. The van der Waals surface area contributed by atoms with Crippen LogP contribution in [0.5, 0.6) is 5.75 Å². The Morgan fingerprint density at radius 3 is 2.43 bits per heavy atom. The number of pyridine rings is 1. The standard InChI is InChI=1S/C23H24FNO3/c1-12(2)22-21(15-5-8-19(24)13(3)9-15)17-7-6-16(26)11-18(17)20(25-22)10-14(4)23(27)28/h5-9,11-12,14,26H,10H2,1-4H3,(H,27,28). The van der Waals surface area contributed by atoms with E-state index >= 15 is 0 Å². The molecule has 5 heteroatoms. The molecule has 0 aliphatic rings. The number of carbonyl (C=O) groups is 1. The Hall–Kier alpha value is -2.95. The molecule has 2 aromatic carbocycles. The van der Waals surface area contributed by atoms with Gasteiger partial charge in [-0.15, -0.1) is 0 Å². The molecule has 28 heavy (non-hydrogen) atoms. The summed E-state index contributed by atoms with van der Waals surface area (Å²) in [7, 11) is 0. The number of aromatic hydroxyl groups is 1. The number of phenols is 1. The molecule has 4 nitrogen and oxygen atoms in total. The molecule has 1 atom stereocenters. The smallest absolute Gasteiger partial charge is 0.306 e. The van der Waals surface area contributed by atoms with E-state index in [-0.39, 0.29) is 23.9 Å². The monoisotopic (exact) mass is 381 g/mol. The first-order chi connectivity index (χ1) is 13.2. The van der Waals surface area contributed by atoms with Gasteiger partial charge in [0.05, 0.1) is 11.6 Å². The number of hydrogen-bond donors (Lipinski definition) is 2. The lowest BCUT2D eigenvalue weighted by atomic mass is 9.89. The predicted molar refractivity (Wildman–Crippen MR) is 108 cm³/mol. The number of phenolic OH excluding ortho intramolecular Hbond substituents is 1. The minimum atomic E-state index is -0.889. The maximum absolute atomic E-state index is 13.8. The predicted octanol–water partition coefficient (Wildman–Crippen LogP) is 5.44. The van der Waals surface area contributed by atoms with Crippen LogP contribution in [0.1, 0.15) is 43.6 Å². The van der Waals surface area contributed by atoms with Crippen molar-refractivity contribution in [2.75, 3.05) is 0 Å². The highest BCUT2D eigenvalue weighted by atomic mass is 19.1. The number of benzene rings is 2. The maximum atomic E-state index is 13.8. The van der Waals surface area contributed by atoms with Crippen molar-refractivity contribution in [2.24, 2.45) is 5.92 Å². The van der Waals surface area contributed by atoms with E-state index in [2.05, 4.69) is 0 Å². The second kappa shape index (κ2) is 7.58. The molecule has 1 aromatic heterocycles. The first-order valence-electron chi connectivity index (χ1n) is 9.33. The van der Waals surface area contributed by atoms with E-state index in [0.717, 1.165) is 27.6 Å². The van der Waals surface area contributed by atoms with Gasteiger partial charge in [0, 0.05) is 23.1 Å². The van der Waals surface area contributed by atoms with Crippen LogP contribution in [-0.2, 0) is 11.2 Å². The molecule has 0 aliphatic carbocycles. The van der Waals surface area contributed by atoms with Crippen LogP contribution in [0.2, 0.25) is 0 Å². The molecule has 0 fully saturated rings. The van der Waals surface area contributed by atoms with Gasteiger partial charge in [-0.05, 0) is 59.7 Å². The van der Waals surface area contributed by atoms with Crippen LogP contribution >= 0.6 is 0 Å². The van der Waals surface area contributed by atoms with E-state index in [1.165, 1.54) is 6.07 Å². The van der Waals surface area contributed by atoms with Crippen molar-refractivity contribution in [3.8, 4) is 16.9 Å². The highest BCUT2D eigenvalue weighted by Gasteiger charge is 2.21. The number of carboxylic acid groups (broad SMARTS) is 1. The molecule has 0 amide bonds. The van der Waals surface area contributed by atoms with Gasteiger partial charge in [-0.1, -0.05) is 26.8 Å². The van der Waals surface area contributed by atoms with Gasteiger partial charge < -0.3 is 10.2 Å². The molecule has 0 saturated carbocycles. The summed E-state index contributed by atoms with van der Waals surface area (Å²) >= 11 is 0. The molecule has 1 unspecified atom stereocenters. The summed E-state index contributed by atoms with van der Waals surface area (Å²) in [6, 6.07) is 10.0. The van der Waals surface area contributed by atoms with Crippen LogP contribution in [0.3, 0.4) is 0 Å². The molecule has 0 saturated heterocycles. The Kier molecular flexibility index (Phi) is 5.36. The molecule has 0 aliphatic heterocycles. The van der Waals surface area contributed by atoms with Crippen molar-refractivity contribution in [3.05, 3.63) is 59.2 Å². The molecule has 2 N–H and O–H groups in total. The van der Waals surface area contributed by atoms with Crippen molar-refractivity contribution >= 4 is 16.7 Å². The summed E-state index contributed by atoms with van der Waals surface area (Å²) in [5.41, 5.74) is 3.76. The summed E-state index contributed by atoms with van der Waals surface area (Å²) in [4.78, 5) is 16.2. The normalized spacial score (nSPS) is 12.5. The fourth-order valence-electron chi connectivity index (χ4n) is 3.44. The Labute approximate surface area is 163 Å². The van der Waals surface area contributed by atoms with Gasteiger partial charge in [-0.2, -0.15) is 0 Å². The topological polar surface area (TPSA) is 70.4 Å². The average Bonchev–Trinajstić information content (AvgIpc) is 2.63. The Balaban J connectivity index is 2.35. The van der Waals surface area contributed by atoms with Crippen LogP contribution in [-0.4, -0.2) is 21.2 Å². The molecule has 0 bridgehead atoms. The Bertz CT molecular complexity index is 1060. The van der Waals surface area contributed by atoms with Gasteiger partial charge in [-0.25, -0.2) is 4.39 Å². The largest absolute Gasteiger partial charge is 0.508 e. The van der Waals surface area contributed by atoms with Gasteiger partial charge in [0.25, 0.3) is 0 Å². The number of hydrogen-bond acceptors (Lipinski definition) is 3. The quantitative estimate of drug-likeness (QED) is 0.617. The van der Waals surface area contributed by atoms with Gasteiger partial charge >= 0.3 is 5.97 Å². The number of aliphatic carboxylic acids is 1. The second-order valence-electron chi connectivity index (χ2n) is 7.61. The van der Waals surface area contributed by atoms with E-state index in [4.69, 9.17) is 4.98 Å². The average molecular weight is 381 g/mol. The number of halogens is 1. The lowest BCUT2D eigenvalue weighted by Gasteiger charge is -2.20. The molecular weight excluding hydrogens is 357 g/mol. The summed E-state index contributed by atoms with van der Waals surface area (Å²) in [6.45, 7) is 7.42. The highest BCUT2D eigenvalue weighted by molar-refractivity contribution is 6.00. The molecule has 146 valence electrons. The number of carboxylic acids is 1. The van der Waals surface area contributed by atoms with Crippen molar-refractivity contribution in [1.82, 2.24) is 4.98 Å².